The summed E-state index contributed by atoms with van der Waals surface area (Å²) in [6.07, 6.45) is -5.48. The molecule has 0 fully saturated rings. The van der Waals surface area contributed by atoms with Crippen LogP contribution in [-0.4, -0.2) is 57.8 Å². The third-order valence-electron chi connectivity index (χ3n) is 1.37. The summed E-state index contributed by atoms with van der Waals surface area (Å²) in [5.41, 5.74) is 0. The average Bonchev–Trinajstić information content (AvgIpc) is 2.12. The van der Waals surface area contributed by atoms with Crippen molar-refractivity contribution in [2.24, 2.45) is 0 Å². The highest BCUT2D eigenvalue weighted by atomic mass is 19.1. The van der Waals surface area contributed by atoms with Crippen molar-refractivity contribution in [2.75, 3.05) is 13.3 Å². The van der Waals surface area contributed by atoms with E-state index in [1.807, 2.05) is 0 Å². The van der Waals surface area contributed by atoms with Crippen molar-refractivity contribution in [3.8, 4) is 0 Å². The van der Waals surface area contributed by atoms with E-state index in [2.05, 4.69) is 0 Å². The van der Waals surface area contributed by atoms with Crippen molar-refractivity contribution in [3.63, 3.8) is 0 Å². The maximum atomic E-state index is 11.6. The molecule has 0 radical (unpaired) electrons. The van der Waals surface area contributed by atoms with Gasteiger partial charge in [0.2, 0.25) is 0 Å². The lowest BCUT2D eigenvalue weighted by molar-refractivity contribution is -0.140. The molecule has 12 heavy (non-hydrogen) atoms. The van der Waals surface area contributed by atoms with E-state index in [1.54, 1.807) is 0 Å². The molecule has 0 bridgehead atoms. The van der Waals surface area contributed by atoms with Crippen LogP contribution in [0.15, 0.2) is 0 Å². The number of halogens is 1. The van der Waals surface area contributed by atoms with Crippen LogP contribution in [0.5, 0.6) is 0 Å². The van der Waals surface area contributed by atoms with Crippen LogP contribution in [-0.2, 0) is 4.79 Å². The molecule has 0 aromatic carbocycles. The summed E-state index contributed by atoms with van der Waals surface area (Å²) in [7, 11) is 0. The Labute approximate surface area is 68.1 Å². The first-order chi connectivity index (χ1) is 5.54. The van der Waals surface area contributed by atoms with Gasteiger partial charge < -0.3 is 20.4 Å². The number of Topliss-reactive ketones (excluding diaryl/α,β-unsaturated/α-hetero) is 1. The van der Waals surface area contributed by atoms with E-state index in [-0.39, 0.29) is 0 Å². The molecule has 72 valence electrons. The van der Waals surface area contributed by atoms with Gasteiger partial charge >= 0.3 is 0 Å². The predicted octanol–water partition coefficient (Wildman–Crippen LogP) is -2.40. The Kier molecular flexibility index (Phi) is 4.91. The summed E-state index contributed by atoms with van der Waals surface area (Å²) in [6, 6.07) is 0. The van der Waals surface area contributed by atoms with Crippen LogP contribution in [0, 0.1) is 0 Å². The third kappa shape index (κ3) is 2.82. The highest BCUT2D eigenvalue weighted by Gasteiger charge is 2.29. The number of alkyl halides is 1. The molecule has 3 atom stereocenters. The Morgan fingerprint density at radius 3 is 2.17 bits per heavy atom. The van der Waals surface area contributed by atoms with Gasteiger partial charge in [0, 0.05) is 0 Å². The lowest BCUT2D eigenvalue weighted by Crippen LogP contribution is -2.44. The predicted molar refractivity (Wildman–Crippen MR) is 36.1 cm³/mol. The number of hydrogen-bond acceptors (Lipinski definition) is 5. The van der Waals surface area contributed by atoms with Crippen LogP contribution >= 0.6 is 0 Å². The van der Waals surface area contributed by atoms with Crippen molar-refractivity contribution in [3.05, 3.63) is 0 Å². The SMILES string of the molecule is O=C(CF)[C@@H](O)[C@@H](O)[C@H](O)CO. The molecule has 5 nitrogen and oxygen atoms in total. The zero-order valence-corrected chi connectivity index (χ0v) is 6.22. The highest BCUT2D eigenvalue weighted by Crippen LogP contribution is 2.01. The third-order valence-corrected chi connectivity index (χ3v) is 1.37. The summed E-state index contributed by atoms with van der Waals surface area (Å²) < 4.78 is 11.6. The molecular formula is C6H11FO5. The van der Waals surface area contributed by atoms with E-state index >= 15 is 0 Å². The van der Waals surface area contributed by atoms with Gasteiger partial charge in [0.05, 0.1) is 6.61 Å². The van der Waals surface area contributed by atoms with Gasteiger partial charge in [-0.15, -0.1) is 0 Å². The number of aliphatic hydroxyl groups is 4. The molecule has 0 saturated carbocycles. The van der Waals surface area contributed by atoms with Gasteiger partial charge in [0.1, 0.15) is 18.3 Å². The molecule has 0 spiro atoms. The Morgan fingerprint density at radius 1 is 1.33 bits per heavy atom. The van der Waals surface area contributed by atoms with Crippen LogP contribution in [0.3, 0.4) is 0 Å². The maximum Gasteiger partial charge on any atom is 0.194 e. The maximum absolute atomic E-state index is 11.6. The first kappa shape index (κ1) is 11.4. The number of carbonyl (C=O) groups excluding carboxylic acids is 1. The summed E-state index contributed by atoms with van der Waals surface area (Å²) in [5.74, 6) is -1.23. The number of hydrogen-bond donors (Lipinski definition) is 4. The van der Waals surface area contributed by atoms with E-state index in [0.717, 1.165) is 0 Å². The Hall–Kier alpha value is -0.560. The van der Waals surface area contributed by atoms with E-state index < -0.39 is 37.4 Å². The quantitative estimate of drug-likeness (QED) is 0.380. The Morgan fingerprint density at radius 2 is 1.83 bits per heavy atom. The summed E-state index contributed by atoms with van der Waals surface area (Å²) in [6.45, 7) is -2.23. The van der Waals surface area contributed by atoms with Gasteiger partial charge in [0.15, 0.2) is 12.5 Å². The van der Waals surface area contributed by atoms with Crippen LogP contribution in [0.25, 0.3) is 0 Å². The number of rotatable bonds is 5. The fraction of sp³-hybridized carbons (Fsp3) is 0.833. The molecule has 4 N–H and O–H groups in total. The molecule has 0 rings (SSSR count). The minimum Gasteiger partial charge on any atom is -0.394 e. The van der Waals surface area contributed by atoms with Crippen molar-refractivity contribution < 1.29 is 29.6 Å². The summed E-state index contributed by atoms with van der Waals surface area (Å²) >= 11 is 0. The Balaban J connectivity index is 4.08. The topological polar surface area (TPSA) is 98.0 Å². The fourth-order valence-corrected chi connectivity index (χ4v) is 0.588. The number of carbonyl (C=O) groups is 1. The molecule has 0 unspecified atom stereocenters. The van der Waals surface area contributed by atoms with Crippen LogP contribution in [0.1, 0.15) is 0 Å². The zero-order valence-electron chi connectivity index (χ0n) is 6.22. The summed E-state index contributed by atoms with van der Waals surface area (Å²) in [4.78, 5) is 10.4. The smallest absolute Gasteiger partial charge is 0.194 e. The van der Waals surface area contributed by atoms with Crippen LogP contribution in [0.2, 0.25) is 0 Å². The van der Waals surface area contributed by atoms with Gasteiger partial charge in [-0.05, 0) is 0 Å². The minimum atomic E-state index is -1.99. The van der Waals surface area contributed by atoms with Crippen molar-refractivity contribution in [1.29, 1.82) is 0 Å². The van der Waals surface area contributed by atoms with E-state index in [0.29, 0.717) is 0 Å². The molecular weight excluding hydrogens is 171 g/mol. The molecule has 0 saturated heterocycles. The molecule has 0 aromatic rings. The van der Waals surface area contributed by atoms with Crippen molar-refractivity contribution >= 4 is 5.78 Å². The standard InChI is InChI=1S/C6H11FO5/c7-1-3(9)5(11)6(12)4(10)2-8/h4-6,8,10-12H,1-2H2/t4-,5-,6+/m1/s1. The van der Waals surface area contributed by atoms with Gasteiger partial charge in [0.25, 0.3) is 0 Å². The number of ketones is 1. The van der Waals surface area contributed by atoms with Gasteiger partial charge in [-0.3, -0.25) is 4.79 Å². The van der Waals surface area contributed by atoms with Crippen LogP contribution in [0.4, 0.5) is 4.39 Å². The Bertz CT molecular complexity index is 151. The van der Waals surface area contributed by atoms with Gasteiger partial charge in [-0.1, -0.05) is 0 Å². The average molecular weight is 182 g/mol. The lowest BCUT2D eigenvalue weighted by Gasteiger charge is -2.19. The normalized spacial score (nSPS) is 18.4. The second kappa shape index (κ2) is 5.15. The van der Waals surface area contributed by atoms with Crippen molar-refractivity contribution in [1.82, 2.24) is 0 Å². The second-order valence-electron chi connectivity index (χ2n) is 2.29. The van der Waals surface area contributed by atoms with E-state index in [1.165, 1.54) is 0 Å². The van der Waals surface area contributed by atoms with Crippen molar-refractivity contribution in [2.45, 2.75) is 18.3 Å². The van der Waals surface area contributed by atoms with E-state index in [4.69, 9.17) is 20.4 Å². The summed E-state index contributed by atoms with van der Waals surface area (Å²) in [5, 5.41) is 34.6. The molecule has 6 heteroatoms. The van der Waals surface area contributed by atoms with Gasteiger partial charge in [-0.2, -0.15) is 0 Å². The first-order valence-corrected chi connectivity index (χ1v) is 3.28. The van der Waals surface area contributed by atoms with Gasteiger partial charge in [-0.25, -0.2) is 4.39 Å². The largest absolute Gasteiger partial charge is 0.394 e. The highest BCUT2D eigenvalue weighted by molar-refractivity contribution is 5.84. The molecule has 0 aliphatic rings. The van der Waals surface area contributed by atoms with Crippen LogP contribution < -0.4 is 0 Å². The zero-order chi connectivity index (χ0) is 9.72. The molecule has 0 aromatic heterocycles. The minimum absolute atomic E-state index is 0.808. The first-order valence-electron chi connectivity index (χ1n) is 3.28. The molecule has 0 amide bonds. The molecule has 0 heterocycles. The molecule has 0 aliphatic heterocycles. The monoisotopic (exact) mass is 182 g/mol. The number of aliphatic hydroxyl groups excluding tert-OH is 4. The van der Waals surface area contributed by atoms with E-state index in [9.17, 15) is 9.18 Å². The molecule has 0 aliphatic carbocycles. The second-order valence-corrected chi connectivity index (χ2v) is 2.29. The fourth-order valence-electron chi connectivity index (χ4n) is 0.588. The lowest BCUT2D eigenvalue weighted by atomic mass is 10.1.